The van der Waals surface area contributed by atoms with Crippen molar-refractivity contribution in [2.75, 3.05) is 5.73 Å². The second kappa shape index (κ2) is 5.60. The van der Waals surface area contributed by atoms with E-state index in [-0.39, 0.29) is 0 Å². The summed E-state index contributed by atoms with van der Waals surface area (Å²) in [6.07, 6.45) is 1.78. The molecule has 0 saturated carbocycles. The lowest BCUT2D eigenvalue weighted by Gasteiger charge is -2.09. The van der Waals surface area contributed by atoms with Crippen molar-refractivity contribution in [3.8, 4) is 0 Å². The van der Waals surface area contributed by atoms with Crippen LogP contribution >= 0.6 is 0 Å². The van der Waals surface area contributed by atoms with E-state index in [1.807, 2.05) is 0 Å². The molecule has 108 valence electrons. The molecule has 0 spiro atoms. The van der Waals surface area contributed by atoms with Gasteiger partial charge in [-0.3, -0.25) is 4.68 Å². The number of fused-ring (bicyclic) bond motifs is 1. The van der Waals surface area contributed by atoms with E-state index in [0.717, 1.165) is 36.5 Å². The van der Waals surface area contributed by atoms with Crippen molar-refractivity contribution in [2.45, 2.75) is 33.2 Å². The fourth-order valence-corrected chi connectivity index (χ4v) is 2.92. The van der Waals surface area contributed by atoms with E-state index >= 15 is 0 Å². The van der Waals surface area contributed by atoms with Gasteiger partial charge in [0.15, 0.2) is 0 Å². The van der Waals surface area contributed by atoms with Crippen LogP contribution in [0.3, 0.4) is 0 Å². The van der Waals surface area contributed by atoms with Crippen molar-refractivity contribution in [2.24, 2.45) is 0 Å². The Labute approximate surface area is 125 Å². The van der Waals surface area contributed by atoms with E-state index in [0.29, 0.717) is 0 Å². The first-order chi connectivity index (χ1) is 10.2. The molecule has 3 nitrogen and oxygen atoms in total. The van der Waals surface area contributed by atoms with Gasteiger partial charge >= 0.3 is 0 Å². The Balaban J connectivity index is 2.07. The van der Waals surface area contributed by atoms with Gasteiger partial charge in [-0.15, -0.1) is 0 Å². The van der Waals surface area contributed by atoms with Crippen molar-refractivity contribution < 1.29 is 0 Å². The monoisotopic (exact) mass is 279 g/mol. The average Bonchev–Trinajstić information content (AvgIpc) is 2.82. The van der Waals surface area contributed by atoms with Crippen LogP contribution in [0.4, 0.5) is 5.69 Å². The minimum absolute atomic E-state index is 0.773. The topological polar surface area (TPSA) is 43.8 Å². The van der Waals surface area contributed by atoms with Crippen LogP contribution < -0.4 is 5.73 Å². The first-order valence-electron chi connectivity index (χ1n) is 7.55. The molecule has 0 radical (unpaired) electrons. The summed E-state index contributed by atoms with van der Waals surface area (Å²) < 4.78 is 2.07. The number of nitrogens with two attached hydrogens (primary N) is 1. The fourth-order valence-electron chi connectivity index (χ4n) is 2.92. The van der Waals surface area contributed by atoms with Crippen LogP contribution in [0.25, 0.3) is 10.8 Å². The predicted octanol–water partition coefficient (Wildman–Crippen LogP) is 3.79. The maximum Gasteiger partial charge on any atom is 0.0854 e. The molecule has 2 N–H and O–H groups in total. The summed E-state index contributed by atoms with van der Waals surface area (Å²) in [4.78, 5) is 0. The van der Waals surface area contributed by atoms with Crippen molar-refractivity contribution >= 4 is 16.5 Å². The standard InChI is InChI=1S/C18H21N3/c1-3-16-18(19)17(4-2)21(20-16)12-14-10-7-9-13-8-5-6-11-15(13)14/h5-11H,3-4,12,19H2,1-2H3. The molecule has 0 amide bonds. The summed E-state index contributed by atoms with van der Waals surface area (Å²) in [6.45, 7) is 5.00. The normalized spacial score (nSPS) is 11.1. The molecule has 1 heterocycles. The van der Waals surface area contributed by atoms with E-state index in [1.54, 1.807) is 0 Å². The van der Waals surface area contributed by atoms with Gasteiger partial charge in [0.1, 0.15) is 0 Å². The number of nitrogen functional groups attached to an aromatic ring is 1. The number of hydrogen-bond donors (Lipinski definition) is 1. The second-order valence-electron chi connectivity index (χ2n) is 5.31. The molecule has 21 heavy (non-hydrogen) atoms. The molecule has 0 saturated heterocycles. The number of benzene rings is 2. The summed E-state index contributed by atoms with van der Waals surface area (Å²) in [7, 11) is 0. The summed E-state index contributed by atoms with van der Waals surface area (Å²) in [5.41, 5.74) is 10.5. The molecule has 0 aliphatic rings. The predicted molar refractivity (Wildman–Crippen MR) is 88.4 cm³/mol. The molecule has 2 aromatic carbocycles. The van der Waals surface area contributed by atoms with E-state index in [2.05, 4.69) is 61.0 Å². The highest BCUT2D eigenvalue weighted by molar-refractivity contribution is 5.85. The van der Waals surface area contributed by atoms with Crippen LogP contribution in [0.1, 0.15) is 30.8 Å². The van der Waals surface area contributed by atoms with Crippen LogP contribution in [0.2, 0.25) is 0 Å². The highest BCUT2D eigenvalue weighted by atomic mass is 15.3. The first kappa shape index (κ1) is 13.7. The minimum atomic E-state index is 0.773. The third kappa shape index (κ3) is 2.40. The van der Waals surface area contributed by atoms with Gasteiger partial charge in [0.25, 0.3) is 0 Å². The summed E-state index contributed by atoms with van der Waals surface area (Å²) in [5, 5.41) is 7.25. The molecule has 1 aromatic heterocycles. The SMILES string of the molecule is CCc1nn(Cc2cccc3ccccc23)c(CC)c1N. The Morgan fingerprint density at radius 2 is 1.76 bits per heavy atom. The highest BCUT2D eigenvalue weighted by Crippen LogP contribution is 2.23. The lowest BCUT2D eigenvalue weighted by molar-refractivity contribution is 0.643. The Morgan fingerprint density at radius 3 is 2.52 bits per heavy atom. The van der Waals surface area contributed by atoms with Crippen LogP contribution in [0, 0.1) is 0 Å². The molecule has 0 aliphatic heterocycles. The number of aryl methyl sites for hydroxylation is 1. The Morgan fingerprint density at radius 1 is 1.00 bits per heavy atom. The maximum atomic E-state index is 6.21. The van der Waals surface area contributed by atoms with Crippen LogP contribution in [-0.4, -0.2) is 9.78 Å². The van der Waals surface area contributed by atoms with Crippen molar-refractivity contribution in [1.29, 1.82) is 0 Å². The number of hydrogen-bond acceptors (Lipinski definition) is 2. The molecule has 0 aliphatic carbocycles. The van der Waals surface area contributed by atoms with Gasteiger partial charge in [-0.05, 0) is 29.2 Å². The molecular weight excluding hydrogens is 258 g/mol. The molecule has 0 atom stereocenters. The second-order valence-corrected chi connectivity index (χ2v) is 5.31. The van der Waals surface area contributed by atoms with E-state index in [1.165, 1.54) is 16.3 Å². The number of anilines is 1. The maximum absolute atomic E-state index is 6.21. The molecule has 3 heteroatoms. The highest BCUT2D eigenvalue weighted by Gasteiger charge is 2.13. The smallest absolute Gasteiger partial charge is 0.0854 e. The van der Waals surface area contributed by atoms with Gasteiger partial charge in [0.2, 0.25) is 0 Å². The van der Waals surface area contributed by atoms with Gasteiger partial charge in [0.05, 0.1) is 23.6 Å². The average molecular weight is 279 g/mol. The fraction of sp³-hybridized carbons (Fsp3) is 0.278. The van der Waals surface area contributed by atoms with Crippen molar-refractivity contribution in [3.63, 3.8) is 0 Å². The zero-order valence-corrected chi connectivity index (χ0v) is 12.6. The molecule has 3 rings (SSSR count). The van der Waals surface area contributed by atoms with E-state index in [4.69, 9.17) is 10.8 Å². The third-order valence-corrected chi connectivity index (χ3v) is 4.04. The third-order valence-electron chi connectivity index (χ3n) is 4.04. The van der Waals surface area contributed by atoms with E-state index < -0.39 is 0 Å². The molecular formula is C18H21N3. The van der Waals surface area contributed by atoms with Crippen LogP contribution in [0.5, 0.6) is 0 Å². The van der Waals surface area contributed by atoms with Gasteiger partial charge in [-0.25, -0.2) is 0 Å². The molecule has 3 aromatic rings. The number of rotatable bonds is 4. The van der Waals surface area contributed by atoms with E-state index in [9.17, 15) is 0 Å². The number of aromatic nitrogens is 2. The van der Waals surface area contributed by atoms with Gasteiger partial charge in [-0.1, -0.05) is 56.3 Å². The van der Waals surface area contributed by atoms with Gasteiger partial charge in [0, 0.05) is 0 Å². The van der Waals surface area contributed by atoms with Crippen LogP contribution in [-0.2, 0) is 19.4 Å². The van der Waals surface area contributed by atoms with Gasteiger partial charge < -0.3 is 5.73 Å². The zero-order chi connectivity index (χ0) is 14.8. The van der Waals surface area contributed by atoms with Crippen molar-refractivity contribution in [1.82, 2.24) is 9.78 Å². The Kier molecular flexibility index (Phi) is 3.65. The first-order valence-corrected chi connectivity index (χ1v) is 7.55. The zero-order valence-electron chi connectivity index (χ0n) is 12.6. The molecule has 0 bridgehead atoms. The quantitative estimate of drug-likeness (QED) is 0.789. The number of nitrogens with zero attached hydrogens (tertiary/aromatic N) is 2. The summed E-state index contributed by atoms with van der Waals surface area (Å²) >= 11 is 0. The van der Waals surface area contributed by atoms with Crippen molar-refractivity contribution in [3.05, 3.63) is 59.4 Å². The minimum Gasteiger partial charge on any atom is -0.396 e. The summed E-state index contributed by atoms with van der Waals surface area (Å²) in [6, 6.07) is 14.9. The molecule has 0 unspecified atom stereocenters. The van der Waals surface area contributed by atoms with Crippen LogP contribution in [0.15, 0.2) is 42.5 Å². The summed E-state index contributed by atoms with van der Waals surface area (Å²) in [5.74, 6) is 0. The Bertz CT molecular complexity index is 766. The Hall–Kier alpha value is -2.29. The van der Waals surface area contributed by atoms with Gasteiger partial charge in [-0.2, -0.15) is 5.10 Å². The lowest BCUT2D eigenvalue weighted by Crippen LogP contribution is -2.07. The molecule has 0 fully saturated rings. The lowest BCUT2D eigenvalue weighted by atomic mass is 10.0. The largest absolute Gasteiger partial charge is 0.396 e.